The normalized spacial score (nSPS) is 10.5. The van der Waals surface area contributed by atoms with Crippen molar-refractivity contribution in [3.63, 3.8) is 0 Å². The molecule has 0 bridgehead atoms. The molecule has 2 aromatic heterocycles. The highest BCUT2D eigenvalue weighted by Gasteiger charge is 2.12. The Morgan fingerprint density at radius 2 is 2.05 bits per heavy atom. The van der Waals surface area contributed by atoms with Crippen LogP contribution in [0.2, 0.25) is 0 Å². The van der Waals surface area contributed by atoms with E-state index in [4.69, 9.17) is 4.74 Å². The molecule has 0 aliphatic heterocycles. The van der Waals surface area contributed by atoms with E-state index < -0.39 is 0 Å². The molecule has 0 aliphatic rings. The van der Waals surface area contributed by atoms with Crippen LogP contribution in [0.3, 0.4) is 0 Å². The molecule has 0 spiro atoms. The van der Waals surface area contributed by atoms with E-state index in [2.05, 4.69) is 34.1 Å². The maximum atomic E-state index is 5.20. The quantitative estimate of drug-likeness (QED) is 0.883. The summed E-state index contributed by atoms with van der Waals surface area (Å²) in [6.07, 6.45) is 3.60. The summed E-state index contributed by atoms with van der Waals surface area (Å²) in [4.78, 5) is 13.4. The van der Waals surface area contributed by atoms with Crippen molar-refractivity contribution in [2.24, 2.45) is 0 Å². The molecule has 21 heavy (non-hydrogen) atoms. The first-order valence-electron chi connectivity index (χ1n) is 7.31. The molecule has 2 aromatic rings. The molecule has 0 aromatic carbocycles. The van der Waals surface area contributed by atoms with Gasteiger partial charge in [-0.05, 0) is 19.4 Å². The molecule has 0 amide bonds. The highest BCUT2D eigenvalue weighted by atomic mass is 16.5. The van der Waals surface area contributed by atoms with Crippen molar-refractivity contribution in [1.82, 2.24) is 15.0 Å². The second kappa shape index (κ2) is 7.02. The monoisotopic (exact) mass is 286 g/mol. The number of anilines is 1. The number of aryl methyl sites for hydroxylation is 1. The molecule has 0 unspecified atom stereocenters. The van der Waals surface area contributed by atoms with E-state index in [9.17, 15) is 0 Å². The average molecular weight is 286 g/mol. The van der Waals surface area contributed by atoms with Gasteiger partial charge in [0.2, 0.25) is 5.88 Å². The Labute approximate surface area is 125 Å². The molecule has 0 saturated heterocycles. The van der Waals surface area contributed by atoms with Gasteiger partial charge in [0.15, 0.2) is 0 Å². The molecule has 0 aliphatic carbocycles. The van der Waals surface area contributed by atoms with E-state index in [0.717, 1.165) is 47.8 Å². The van der Waals surface area contributed by atoms with Gasteiger partial charge in [-0.2, -0.15) is 0 Å². The standard InChI is InChI=1S/C16H22N4O/c1-5-8-18-16-11(3)15(19-13(6-2)20-16)12-7-9-17-14(10-12)21-4/h7,9-10H,5-6,8H2,1-4H3,(H,18,19,20). The number of rotatable bonds is 6. The average Bonchev–Trinajstić information content (AvgIpc) is 2.54. The van der Waals surface area contributed by atoms with Gasteiger partial charge in [-0.3, -0.25) is 0 Å². The summed E-state index contributed by atoms with van der Waals surface area (Å²) in [5, 5.41) is 3.38. The topological polar surface area (TPSA) is 59.9 Å². The number of hydrogen-bond donors (Lipinski definition) is 1. The third kappa shape index (κ3) is 3.48. The molecular formula is C16H22N4O. The van der Waals surface area contributed by atoms with Crippen LogP contribution in [0.4, 0.5) is 5.82 Å². The molecule has 0 radical (unpaired) electrons. The molecule has 5 heteroatoms. The van der Waals surface area contributed by atoms with E-state index in [0.29, 0.717) is 5.88 Å². The summed E-state index contributed by atoms with van der Waals surface area (Å²) in [6.45, 7) is 7.14. The molecule has 2 rings (SSSR count). The van der Waals surface area contributed by atoms with Gasteiger partial charge in [-0.25, -0.2) is 15.0 Å². The number of hydrogen-bond acceptors (Lipinski definition) is 5. The van der Waals surface area contributed by atoms with Crippen molar-refractivity contribution in [1.29, 1.82) is 0 Å². The number of aromatic nitrogens is 3. The van der Waals surface area contributed by atoms with Gasteiger partial charge in [-0.1, -0.05) is 13.8 Å². The van der Waals surface area contributed by atoms with Gasteiger partial charge < -0.3 is 10.1 Å². The van der Waals surface area contributed by atoms with Gasteiger partial charge in [-0.15, -0.1) is 0 Å². The lowest BCUT2D eigenvalue weighted by molar-refractivity contribution is 0.398. The Hall–Kier alpha value is -2.17. The summed E-state index contributed by atoms with van der Waals surface area (Å²) < 4.78 is 5.20. The minimum Gasteiger partial charge on any atom is -0.481 e. The van der Waals surface area contributed by atoms with Crippen LogP contribution in [-0.4, -0.2) is 28.6 Å². The minimum absolute atomic E-state index is 0.589. The third-order valence-corrected chi connectivity index (χ3v) is 3.27. The first-order valence-corrected chi connectivity index (χ1v) is 7.31. The van der Waals surface area contributed by atoms with Crippen LogP contribution in [0.25, 0.3) is 11.3 Å². The summed E-state index contributed by atoms with van der Waals surface area (Å²) in [6, 6.07) is 3.85. The number of pyridine rings is 1. The van der Waals surface area contributed by atoms with E-state index in [1.165, 1.54) is 0 Å². The van der Waals surface area contributed by atoms with E-state index in [1.54, 1.807) is 13.3 Å². The van der Waals surface area contributed by atoms with Gasteiger partial charge in [0, 0.05) is 36.4 Å². The molecule has 1 N–H and O–H groups in total. The number of nitrogens with one attached hydrogen (secondary N) is 1. The fourth-order valence-corrected chi connectivity index (χ4v) is 2.09. The maximum absolute atomic E-state index is 5.20. The second-order valence-electron chi connectivity index (χ2n) is 4.83. The molecule has 0 saturated carbocycles. The fraction of sp³-hybridized carbons (Fsp3) is 0.438. The lowest BCUT2D eigenvalue weighted by Gasteiger charge is -2.13. The smallest absolute Gasteiger partial charge is 0.213 e. The first-order chi connectivity index (χ1) is 10.2. The first kappa shape index (κ1) is 15.2. The number of ether oxygens (including phenoxy) is 1. The highest BCUT2D eigenvalue weighted by Crippen LogP contribution is 2.27. The zero-order valence-electron chi connectivity index (χ0n) is 13.1. The van der Waals surface area contributed by atoms with Crippen molar-refractivity contribution >= 4 is 5.82 Å². The van der Waals surface area contributed by atoms with Gasteiger partial charge in [0.05, 0.1) is 12.8 Å². The summed E-state index contributed by atoms with van der Waals surface area (Å²) in [5.41, 5.74) is 2.98. The zero-order valence-corrected chi connectivity index (χ0v) is 13.1. The van der Waals surface area contributed by atoms with Crippen molar-refractivity contribution in [2.45, 2.75) is 33.6 Å². The Morgan fingerprint density at radius 3 is 2.71 bits per heavy atom. The van der Waals surface area contributed by atoms with Crippen LogP contribution in [0, 0.1) is 6.92 Å². The third-order valence-electron chi connectivity index (χ3n) is 3.27. The molecule has 0 fully saturated rings. The van der Waals surface area contributed by atoms with Crippen LogP contribution in [0.5, 0.6) is 5.88 Å². The van der Waals surface area contributed by atoms with Gasteiger partial charge in [0.25, 0.3) is 0 Å². The Balaban J connectivity index is 2.50. The maximum Gasteiger partial charge on any atom is 0.213 e. The highest BCUT2D eigenvalue weighted by molar-refractivity contribution is 5.68. The van der Waals surface area contributed by atoms with Crippen molar-refractivity contribution in [3.8, 4) is 17.1 Å². The van der Waals surface area contributed by atoms with Crippen LogP contribution in [0.15, 0.2) is 18.3 Å². The summed E-state index contributed by atoms with van der Waals surface area (Å²) in [5.74, 6) is 2.34. The zero-order chi connectivity index (χ0) is 15.2. The van der Waals surface area contributed by atoms with E-state index in [1.807, 2.05) is 19.1 Å². The predicted octanol–water partition coefficient (Wildman–Crippen LogP) is 3.24. The van der Waals surface area contributed by atoms with Crippen molar-refractivity contribution < 1.29 is 4.74 Å². The number of methoxy groups -OCH3 is 1. The molecule has 112 valence electrons. The number of nitrogens with zero attached hydrogens (tertiary/aromatic N) is 3. The SMILES string of the molecule is CCCNc1nc(CC)nc(-c2ccnc(OC)c2)c1C. The molecule has 5 nitrogen and oxygen atoms in total. The van der Waals surface area contributed by atoms with Crippen LogP contribution in [0.1, 0.15) is 31.7 Å². The Bertz CT molecular complexity index is 613. The van der Waals surface area contributed by atoms with Crippen LogP contribution in [-0.2, 0) is 6.42 Å². The van der Waals surface area contributed by atoms with Crippen molar-refractivity contribution in [3.05, 3.63) is 29.7 Å². The molecular weight excluding hydrogens is 264 g/mol. The predicted molar refractivity (Wildman–Crippen MR) is 84.7 cm³/mol. The second-order valence-corrected chi connectivity index (χ2v) is 4.83. The molecule has 0 atom stereocenters. The van der Waals surface area contributed by atoms with E-state index >= 15 is 0 Å². The van der Waals surface area contributed by atoms with Gasteiger partial charge in [0.1, 0.15) is 11.6 Å². The molecule has 2 heterocycles. The summed E-state index contributed by atoms with van der Waals surface area (Å²) in [7, 11) is 1.62. The van der Waals surface area contributed by atoms with E-state index in [-0.39, 0.29) is 0 Å². The lowest BCUT2D eigenvalue weighted by atomic mass is 10.1. The summed E-state index contributed by atoms with van der Waals surface area (Å²) >= 11 is 0. The fourth-order valence-electron chi connectivity index (χ4n) is 2.09. The van der Waals surface area contributed by atoms with Crippen molar-refractivity contribution in [2.75, 3.05) is 19.0 Å². The van der Waals surface area contributed by atoms with Crippen LogP contribution >= 0.6 is 0 Å². The van der Waals surface area contributed by atoms with Gasteiger partial charge >= 0.3 is 0 Å². The lowest BCUT2D eigenvalue weighted by Crippen LogP contribution is -2.08. The largest absolute Gasteiger partial charge is 0.481 e. The Kier molecular flexibility index (Phi) is 5.09. The van der Waals surface area contributed by atoms with Crippen LogP contribution < -0.4 is 10.1 Å². The Morgan fingerprint density at radius 1 is 1.24 bits per heavy atom. The minimum atomic E-state index is 0.589.